The fraction of sp³-hybridized carbons (Fsp3) is 0.690. The number of hydrogen-bond donors (Lipinski definition) is 1. The maximum Gasteiger partial charge on any atom is 0.249 e. The maximum absolute atomic E-state index is 14.4. The van der Waals surface area contributed by atoms with Crippen LogP contribution in [0.25, 0.3) is 0 Å². The van der Waals surface area contributed by atoms with Gasteiger partial charge in [-0.25, -0.2) is 0 Å². The lowest BCUT2D eigenvalue weighted by molar-refractivity contribution is -0.139. The predicted molar refractivity (Wildman–Crippen MR) is 139 cm³/mol. The molecule has 37 heavy (non-hydrogen) atoms. The Morgan fingerprint density at radius 2 is 1.86 bits per heavy atom. The van der Waals surface area contributed by atoms with Crippen molar-refractivity contribution in [3.05, 3.63) is 34.9 Å². The summed E-state index contributed by atoms with van der Waals surface area (Å²) in [5.74, 6) is -0.695. The number of benzene rings is 1. The zero-order valence-corrected chi connectivity index (χ0v) is 22.2. The van der Waals surface area contributed by atoms with E-state index < -0.39 is 24.0 Å². The number of ether oxygens (including phenoxy) is 2. The monoisotopic (exact) mass is 511 g/mol. The number of nitrogens with two attached hydrogens (primary N) is 1. The van der Waals surface area contributed by atoms with E-state index in [1.54, 1.807) is 12.0 Å². The summed E-state index contributed by atoms with van der Waals surface area (Å²) in [5.41, 5.74) is 8.23. The van der Waals surface area contributed by atoms with Gasteiger partial charge in [-0.1, -0.05) is 38.3 Å². The van der Waals surface area contributed by atoms with Crippen molar-refractivity contribution in [2.24, 2.45) is 11.7 Å². The van der Waals surface area contributed by atoms with Crippen LogP contribution in [0.5, 0.6) is 0 Å². The molecule has 3 aliphatic heterocycles. The number of methoxy groups -OCH3 is 1. The van der Waals surface area contributed by atoms with Crippen LogP contribution in [0, 0.1) is 5.92 Å². The minimum Gasteiger partial charge on any atom is -0.377 e. The second kappa shape index (κ2) is 11.2. The number of Topliss-reactive ketones (excluding diaryl/α,β-unsaturated/α-hetero) is 1. The quantitative estimate of drug-likeness (QED) is 0.604. The molecule has 202 valence electrons. The van der Waals surface area contributed by atoms with Crippen LogP contribution < -0.4 is 5.73 Å². The van der Waals surface area contributed by atoms with Gasteiger partial charge in [0.2, 0.25) is 11.8 Å². The number of hydrogen-bond acceptors (Lipinski definition) is 6. The van der Waals surface area contributed by atoms with Crippen molar-refractivity contribution in [1.82, 2.24) is 9.80 Å². The smallest absolute Gasteiger partial charge is 0.249 e. The van der Waals surface area contributed by atoms with Crippen molar-refractivity contribution in [1.29, 1.82) is 0 Å². The Hall–Kier alpha value is -2.29. The van der Waals surface area contributed by atoms with E-state index in [0.717, 1.165) is 70.1 Å². The van der Waals surface area contributed by atoms with Crippen molar-refractivity contribution >= 4 is 17.6 Å². The first kappa shape index (κ1) is 26.3. The van der Waals surface area contributed by atoms with Crippen molar-refractivity contribution < 1.29 is 23.9 Å². The largest absolute Gasteiger partial charge is 0.377 e. The molecule has 8 heteroatoms. The van der Waals surface area contributed by atoms with Gasteiger partial charge in [0.1, 0.15) is 24.9 Å². The Kier molecular flexibility index (Phi) is 7.98. The van der Waals surface area contributed by atoms with Crippen LogP contribution in [0.15, 0.2) is 18.2 Å². The van der Waals surface area contributed by atoms with Gasteiger partial charge in [-0.05, 0) is 74.3 Å². The second-order valence-corrected chi connectivity index (χ2v) is 11.2. The first-order valence-corrected chi connectivity index (χ1v) is 14.1. The number of carbonyl (C=O) groups is 3. The normalized spacial score (nSPS) is 28.4. The first-order valence-electron chi connectivity index (χ1n) is 14.1. The molecule has 0 radical (unpaired) electrons. The van der Waals surface area contributed by atoms with Crippen molar-refractivity contribution in [2.75, 3.05) is 39.9 Å². The molecule has 8 nitrogen and oxygen atoms in total. The molecule has 1 aromatic carbocycles. The van der Waals surface area contributed by atoms with E-state index in [1.165, 1.54) is 5.56 Å². The zero-order valence-electron chi connectivity index (χ0n) is 22.2. The van der Waals surface area contributed by atoms with Crippen molar-refractivity contribution in [2.45, 2.75) is 82.0 Å². The van der Waals surface area contributed by atoms with Gasteiger partial charge in [0.25, 0.3) is 0 Å². The van der Waals surface area contributed by atoms with Crippen LogP contribution in [-0.2, 0) is 19.1 Å². The second-order valence-electron chi connectivity index (χ2n) is 11.2. The summed E-state index contributed by atoms with van der Waals surface area (Å²) in [6.07, 6.45) is 6.47. The maximum atomic E-state index is 14.4. The average molecular weight is 512 g/mol. The summed E-state index contributed by atoms with van der Waals surface area (Å²) in [4.78, 5) is 44.0. The summed E-state index contributed by atoms with van der Waals surface area (Å²) >= 11 is 0. The summed E-state index contributed by atoms with van der Waals surface area (Å²) in [5, 5.41) is 0. The molecule has 1 aromatic rings. The van der Waals surface area contributed by atoms with E-state index in [2.05, 4.69) is 17.9 Å². The lowest BCUT2D eigenvalue weighted by Gasteiger charge is -2.35. The van der Waals surface area contributed by atoms with E-state index >= 15 is 0 Å². The lowest BCUT2D eigenvalue weighted by atomic mass is 9.73. The number of piperidine rings is 1. The van der Waals surface area contributed by atoms with Gasteiger partial charge < -0.3 is 25.0 Å². The Labute approximate surface area is 219 Å². The minimum atomic E-state index is -0.623. The highest BCUT2D eigenvalue weighted by molar-refractivity contribution is 5.99. The van der Waals surface area contributed by atoms with Crippen molar-refractivity contribution in [3.63, 3.8) is 0 Å². The number of rotatable bonds is 7. The van der Waals surface area contributed by atoms with Crippen LogP contribution >= 0.6 is 0 Å². The fourth-order valence-electron chi connectivity index (χ4n) is 7.18. The van der Waals surface area contributed by atoms with E-state index in [4.69, 9.17) is 15.2 Å². The van der Waals surface area contributed by atoms with Crippen molar-refractivity contribution in [3.8, 4) is 0 Å². The number of ketones is 1. The molecule has 3 heterocycles. The third kappa shape index (κ3) is 5.08. The number of nitrogens with zero attached hydrogens (tertiary/aromatic N) is 2. The molecule has 3 saturated heterocycles. The Morgan fingerprint density at radius 1 is 1.14 bits per heavy atom. The molecular formula is C29H41N3O5. The molecule has 5 rings (SSSR count). The van der Waals surface area contributed by atoms with Gasteiger partial charge in [0.05, 0.1) is 12.5 Å². The summed E-state index contributed by atoms with van der Waals surface area (Å²) < 4.78 is 11.3. The topological polar surface area (TPSA) is 102 Å². The van der Waals surface area contributed by atoms with Crippen LogP contribution in [-0.4, -0.2) is 85.5 Å². The number of primary amides is 1. The molecule has 4 aliphatic rings. The third-order valence-corrected chi connectivity index (χ3v) is 9.29. The average Bonchev–Trinajstić information content (AvgIpc) is 3.49. The Balaban J connectivity index is 1.53. The van der Waals surface area contributed by atoms with Gasteiger partial charge in [-0.2, -0.15) is 0 Å². The summed E-state index contributed by atoms with van der Waals surface area (Å²) in [6.45, 7) is 5.68. The number of likely N-dealkylation sites (tertiary alicyclic amines) is 2. The highest BCUT2D eigenvalue weighted by atomic mass is 16.5. The predicted octanol–water partition coefficient (Wildman–Crippen LogP) is 2.84. The molecule has 1 aliphatic carbocycles. The SMILES string of the molecule is CCN1CCC(c2ccc(C(N)=O)c([C@@H](C(=O)N3C[C@H](OC)[C@H]4OCC(=O)[C@H]43)C3CCCCC3)c2)CC1. The van der Waals surface area contributed by atoms with Gasteiger partial charge in [-0.15, -0.1) is 0 Å². The molecule has 1 saturated carbocycles. The van der Waals surface area contributed by atoms with Crippen LogP contribution in [0.4, 0.5) is 0 Å². The molecule has 2 amide bonds. The molecule has 0 unspecified atom stereocenters. The lowest BCUT2D eigenvalue weighted by Crippen LogP contribution is -2.46. The molecule has 0 spiro atoms. The number of amides is 2. The number of fused-ring (bicyclic) bond motifs is 1. The standard InChI is InChI=1S/C29H41N3O5/c1-3-31-13-11-18(12-14-31)20-9-10-21(28(30)34)22(15-20)25(19-7-5-4-6-8-19)29(35)32-16-24(36-2)27-26(32)23(33)17-37-27/h9-10,15,18-19,24-27H,3-8,11-14,16-17H2,1-2H3,(H2,30,34)/t24-,25-,26+,27+/m0/s1. The summed E-state index contributed by atoms with van der Waals surface area (Å²) in [7, 11) is 1.60. The molecule has 0 aromatic heterocycles. The molecule has 2 N–H and O–H groups in total. The van der Waals surface area contributed by atoms with Crippen LogP contribution in [0.2, 0.25) is 0 Å². The minimum absolute atomic E-state index is 0.00550. The third-order valence-electron chi connectivity index (χ3n) is 9.29. The first-order chi connectivity index (χ1) is 17.9. The molecular weight excluding hydrogens is 470 g/mol. The zero-order chi connectivity index (χ0) is 26.1. The van der Waals surface area contributed by atoms with Gasteiger partial charge in [0, 0.05) is 12.7 Å². The van der Waals surface area contributed by atoms with Gasteiger partial charge in [-0.3, -0.25) is 14.4 Å². The van der Waals surface area contributed by atoms with E-state index in [1.807, 2.05) is 12.1 Å². The highest BCUT2D eigenvalue weighted by Crippen LogP contribution is 2.42. The van der Waals surface area contributed by atoms with E-state index in [9.17, 15) is 14.4 Å². The van der Waals surface area contributed by atoms with Crippen LogP contribution in [0.3, 0.4) is 0 Å². The van der Waals surface area contributed by atoms with E-state index in [0.29, 0.717) is 18.0 Å². The van der Waals surface area contributed by atoms with E-state index in [-0.39, 0.29) is 30.3 Å². The Morgan fingerprint density at radius 3 is 2.51 bits per heavy atom. The Bertz CT molecular complexity index is 1010. The molecule has 0 bridgehead atoms. The fourth-order valence-corrected chi connectivity index (χ4v) is 7.18. The van der Waals surface area contributed by atoms with Gasteiger partial charge in [0.15, 0.2) is 5.78 Å². The summed E-state index contributed by atoms with van der Waals surface area (Å²) in [6, 6.07) is 5.33. The number of carbonyl (C=O) groups excluding carboxylic acids is 3. The van der Waals surface area contributed by atoms with Crippen LogP contribution in [0.1, 0.15) is 85.2 Å². The molecule has 4 fully saturated rings. The van der Waals surface area contributed by atoms with Gasteiger partial charge >= 0.3 is 0 Å². The molecule has 4 atom stereocenters. The highest BCUT2D eigenvalue weighted by Gasteiger charge is 2.54.